The maximum absolute atomic E-state index is 13.4. The van der Waals surface area contributed by atoms with Gasteiger partial charge in [0, 0.05) is 15.7 Å². The number of amides is 2. The number of nitrogens with zero attached hydrogens (tertiary/aromatic N) is 2. The van der Waals surface area contributed by atoms with Crippen molar-refractivity contribution in [2.45, 2.75) is 37.8 Å². The number of aliphatic imine (C=N–C) groups is 1. The minimum Gasteiger partial charge on any atom is -0.497 e. The van der Waals surface area contributed by atoms with Gasteiger partial charge >= 0.3 is 0 Å². The number of ether oxygens (including phenoxy) is 1. The lowest BCUT2D eigenvalue weighted by Crippen LogP contribution is -2.51. The van der Waals surface area contributed by atoms with Gasteiger partial charge in [0.2, 0.25) is 5.91 Å². The number of methoxy groups -OCH3 is 1. The van der Waals surface area contributed by atoms with E-state index in [0.29, 0.717) is 11.4 Å². The number of anilines is 1. The van der Waals surface area contributed by atoms with Crippen molar-refractivity contribution in [3.05, 3.63) is 58.6 Å². The van der Waals surface area contributed by atoms with E-state index in [1.165, 1.54) is 0 Å². The first kappa shape index (κ1) is 20.6. The summed E-state index contributed by atoms with van der Waals surface area (Å²) in [4.78, 5) is 32.7. The lowest BCUT2D eigenvalue weighted by atomic mass is 9.88. The maximum atomic E-state index is 13.4. The molecule has 1 aliphatic carbocycles. The molecule has 6 nitrogen and oxygen atoms in total. The average molecular weight is 470 g/mol. The molecule has 0 aromatic heterocycles. The Morgan fingerprint density at radius 3 is 2.57 bits per heavy atom. The maximum Gasteiger partial charge on any atom is 0.275 e. The second kappa shape index (κ2) is 8.60. The van der Waals surface area contributed by atoms with Gasteiger partial charge in [0.15, 0.2) is 0 Å². The summed E-state index contributed by atoms with van der Waals surface area (Å²) in [6.07, 6.45) is 4.68. The summed E-state index contributed by atoms with van der Waals surface area (Å²) < 4.78 is 6.10. The second-order valence-electron chi connectivity index (χ2n) is 7.68. The fraction of sp³-hybridized carbons (Fsp3) is 0.348. The Hall–Kier alpha value is -2.67. The number of benzene rings is 2. The van der Waals surface area contributed by atoms with Crippen molar-refractivity contribution >= 4 is 39.1 Å². The molecule has 0 radical (unpaired) electrons. The summed E-state index contributed by atoms with van der Waals surface area (Å²) in [5.41, 5.74) is 1.24. The molecule has 0 saturated heterocycles. The number of hydrogen-bond acceptors (Lipinski definition) is 4. The molecule has 156 valence electrons. The number of carbonyl (C=O) groups excluding carboxylic acids is 2. The Morgan fingerprint density at radius 2 is 1.90 bits per heavy atom. The lowest BCUT2D eigenvalue weighted by Gasteiger charge is -2.38. The zero-order chi connectivity index (χ0) is 21.1. The predicted molar refractivity (Wildman–Crippen MR) is 120 cm³/mol. The van der Waals surface area contributed by atoms with Gasteiger partial charge in [-0.2, -0.15) is 0 Å². The van der Waals surface area contributed by atoms with Gasteiger partial charge in [0.1, 0.15) is 23.7 Å². The van der Waals surface area contributed by atoms with E-state index < -0.39 is 5.66 Å². The molecule has 1 N–H and O–H groups in total. The van der Waals surface area contributed by atoms with Crippen LogP contribution < -0.4 is 10.1 Å². The van der Waals surface area contributed by atoms with Crippen molar-refractivity contribution in [3.63, 3.8) is 0 Å². The molecule has 2 aromatic carbocycles. The van der Waals surface area contributed by atoms with Gasteiger partial charge in [-0.3, -0.25) is 14.6 Å². The fourth-order valence-electron chi connectivity index (χ4n) is 4.20. The molecular formula is C23H24BrN3O3. The van der Waals surface area contributed by atoms with Gasteiger partial charge in [-0.1, -0.05) is 28.4 Å². The molecule has 1 spiro atoms. The van der Waals surface area contributed by atoms with Crippen LogP contribution in [-0.2, 0) is 9.59 Å². The normalized spacial score (nSPS) is 17.7. The van der Waals surface area contributed by atoms with E-state index in [1.807, 2.05) is 48.5 Å². The molecule has 2 amide bonds. The van der Waals surface area contributed by atoms with Crippen LogP contribution in [0.1, 0.15) is 37.7 Å². The van der Waals surface area contributed by atoms with Crippen molar-refractivity contribution < 1.29 is 14.3 Å². The summed E-state index contributed by atoms with van der Waals surface area (Å²) in [5.74, 6) is 0.312. The zero-order valence-corrected chi connectivity index (χ0v) is 18.4. The summed E-state index contributed by atoms with van der Waals surface area (Å²) in [6, 6.07) is 14.7. The number of halogens is 1. The average Bonchev–Trinajstić information content (AvgIpc) is 3.00. The van der Waals surface area contributed by atoms with Crippen LogP contribution in [0.5, 0.6) is 5.75 Å². The van der Waals surface area contributed by atoms with E-state index in [0.717, 1.165) is 47.9 Å². The fourth-order valence-corrected chi connectivity index (χ4v) is 4.60. The van der Waals surface area contributed by atoms with Crippen molar-refractivity contribution in [2.24, 2.45) is 4.99 Å². The van der Waals surface area contributed by atoms with E-state index in [2.05, 4.69) is 21.2 Å². The van der Waals surface area contributed by atoms with E-state index in [9.17, 15) is 9.59 Å². The third kappa shape index (κ3) is 4.12. The first-order valence-electron chi connectivity index (χ1n) is 10.1. The van der Waals surface area contributed by atoms with Crippen molar-refractivity contribution in [1.82, 2.24) is 4.90 Å². The highest BCUT2D eigenvalue weighted by Crippen LogP contribution is 2.39. The van der Waals surface area contributed by atoms with Crippen molar-refractivity contribution in [2.75, 3.05) is 19.0 Å². The third-order valence-electron chi connectivity index (χ3n) is 5.70. The van der Waals surface area contributed by atoms with Gasteiger partial charge in [-0.05, 0) is 68.1 Å². The molecule has 2 aromatic rings. The van der Waals surface area contributed by atoms with Gasteiger partial charge in [0.05, 0.1) is 7.11 Å². The first-order valence-corrected chi connectivity index (χ1v) is 10.9. The second-order valence-corrected chi connectivity index (χ2v) is 8.60. The molecule has 0 atom stereocenters. The predicted octanol–water partition coefficient (Wildman–Crippen LogP) is 4.39. The smallest absolute Gasteiger partial charge is 0.275 e. The van der Waals surface area contributed by atoms with Crippen molar-refractivity contribution in [3.8, 4) is 5.75 Å². The highest BCUT2D eigenvalue weighted by atomic mass is 79.9. The Morgan fingerprint density at radius 1 is 1.17 bits per heavy atom. The molecule has 4 rings (SSSR count). The summed E-state index contributed by atoms with van der Waals surface area (Å²) in [5, 5.41) is 2.89. The topological polar surface area (TPSA) is 71.0 Å². The minimum absolute atomic E-state index is 0.0193. The molecule has 30 heavy (non-hydrogen) atoms. The van der Waals surface area contributed by atoms with E-state index in [4.69, 9.17) is 9.73 Å². The van der Waals surface area contributed by atoms with Crippen LogP contribution in [0.2, 0.25) is 0 Å². The van der Waals surface area contributed by atoms with Crippen LogP contribution in [0.15, 0.2) is 58.0 Å². The Bertz CT molecular complexity index is 981. The van der Waals surface area contributed by atoms with Crippen LogP contribution in [0, 0.1) is 0 Å². The quantitative estimate of drug-likeness (QED) is 0.705. The van der Waals surface area contributed by atoms with Gasteiger partial charge in [0.25, 0.3) is 5.91 Å². The van der Waals surface area contributed by atoms with E-state index in [1.54, 1.807) is 12.0 Å². The molecule has 2 aliphatic rings. The monoisotopic (exact) mass is 469 g/mol. The molecule has 0 bridgehead atoms. The number of nitrogens with one attached hydrogen (secondary N) is 1. The molecule has 1 heterocycles. The Kier molecular flexibility index (Phi) is 5.90. The summed E-state index contributed by atoms with van der Waals surface area (Å²) in [7, 11) is 1.61. The molecule has 0 unspecified atom stereocenters. The third-order valence-corrected chi connectivity index (χ3v) is 6.19. The molecule has 7 heteroatoms. The minimum atomic E-state index is -0.626. The molecular weight excluding hydrogens is 446 g/mol. The standard InChI is InChI=1S/C23H24BrN3O3/c1-30-19-10-8-16(9-11-19)21-22(29)27(23(26-21)12-3-2-4-13-23)15-20(28)25-18-7-5-6-17(24)14-18/h5-11,14H,2-4,12-13,15H2,1H3,(H,25,28). The largest absolute Gasteiger partial charge is 0.497 e. The van der Waals surface area contributed by atoms with Crippen LogP contribution >= 0.6 is 15.9 Å². The Balaban J connectivity index is 1.58. The lowest BCUT2D eigenvalue weighted by molar-refractivity contribution is -0.134. The number of hydrogen-bond donors (Lipinski definition) is 1. The highest BCUT2D eigenvalue weighted by molar-refractivity contribution is 9.10. The summed E-state index contributed by atoms with van der Waals surface area (Å²) >= 11 is 3.41. The zero-order valence-electron chi connectivity index (χ0n) is 16.9. The van der Waals surface area contributed by atoms with Gasteiger partial charge in [-0.15, -0.1) is 0 Å². The van der Waals surface area contributed by atoms with Crippen LogP contribution in [0.25, 0.3) is 0 Å². The number of rotatable bonds is 5. The van der Waals surface area contributed by atoms with Crippen LogP contribution in [0.3, 0.4) is 0 Å². The van der Waals surface area contributed by atoms with Crippen LogP contribution in [0.4, 0.5) is 5.69 Å². The van der Waals surface area contributed by atoms with Crippen LogP contribution in [-0.4, -0.2) is 41.7 Å². The highest BCUT2D eigenvalue weighted by Gasteiger charge is 2.48. The van der Waals surface area contributed by atoms with Gasteiger partial charge < -0.3 is 15.0 Å². The Labute approximate surface area is 184 Å². The summed E-state index contributed by atoms with van der Waals surface area (Å²) in [6.45, 7) is -0.0193. The van der Waals surface area contributed by atoms with Gasteiger partial charge in [-0.25, -0.2) is 0 Å². The van der Waals surface area contributed by atoms with E-state index >= 15 is 0 Å². The van der Waals surface area contributed by atoms with Crippen molar-refractivity contribution in [1.29, 1.82) is 0 Å². The first-order chi connectivity index (χ1) is 14.5. The SMILES string of the molecule is COc1ccc(C2=NC3(CCCCC3)N(CC(=O)Nc3cccc(Br)c3)C2=O)cc1. The van der Waals surface area contributed by atoms with E-state index in [-0.39, 0.29) is 18.4 Å². The molecule has 1 aliphatic heterocycles. The number of carbonyl (C=O) groups is 2. The molecule has 1 fully saturated rings. The molecule has 1 saturated carbocycles.